The van der Waals surface area contributed by atoms with Crippen molar-refractivity contribution in [1.82, 2.24) is 10.3 Å². The topological polar surface area (TPSA) is 112 Å². The highest BCUT2D eigenvalue weighted by atomic mass is 16.5. The SMILES string of the molecule is COc1cccc2[nH]c(C(=O)CC(CC(C)C)C(=O)NC3(C#N)CCCC(=O)C3)cc12. The summed E-state index contributed by atoms with van der Waals surface area (Å²) in [5.41, 5.74) is 0.0414. The summed E-state index contributed by atoms with van der Waals surface area (Å²) in [6, 6.07) is 9.42. The maximum atomic E-state index is 13.1. The van der Waals surface area contributed by atoms with Crippen LogP contribution in [0.5, 0.6) is 5.75 Å². The number of amides is 1. The number of nitrogens with one attached hydrogen (secondary N) is 2. The first-order chi connectivity index (χ1) is 14.8. The first kappa shape index (κ1) is 22.5. The van der Waals surface area contributed by atoms with Gasteiger partial charge in [-0.15, -0.1) is 0 Å². The molecular weight excluding hydrogens is 394 g/mol. The number of methoxy groups -OCH3 is 1. The first-order valence-corrected chi connectivity index (χ1v) is 10.7. The number of fused-ring (bicyclic) bond motifs is 1. The Kier molecular flexibility index (Phi) is 6.79. The summed E-state index contributed by atoms with van der Waals surface area (Å²) in [6.07, 6.45) is 2.03. The van der Waals surface area contributed by atoms with E-state index in [1.54, 1.807) is 13.2 Å². The number of nitriles is 1. The van der Waals surface area contributed by atoms with Gasteiger partial charge in [-0.25, -0.2) is 0 Å². The van der Waals surface area contributed by atoms with Gasteiger partial charge in [0.1, 0.15) is 17.1 Å². The minimum Gasteiger partial charge on any atom is -0.496 e. The van der Waals surface area contributed by atoms with Crippen molar-refractivity contribution < 1.29 is 19.1 Å². The van der Waals surface area contributed by atoms with E-state index in [4.69, 9.17) is 4.74 Å². The Hall–Kier alpha value is -3.14. The molecule has 1 aromatic heterocycles. The number of carbonyl (C=O) groups excluding carboxylic acids is 3. The second kappa shape index (κ2) is 9.34. The van der Waals surface area contributed by atoms with E-state index in [0.717, 1.165) is 10.9 Å². The molecule has 1 aliphatic rings. The van der Waals surface area contributed by atoms with Gasteiger partial charge in [-0.05, 0) is 43.4 Å². The van der Waals surface area contributed by atoms with Crippen LogP contribution in [0, 0.1) is 23.2 Å². The van der Waals surface area contributed by atoms with Crippen molar-refractivity contribution in [1.29, 1.82) is 5.26 Å². The van der Waals surface area contributed by atoms with Gasteiger partial charge in [-0.1, -0.05) is 19.9 Å². The lowest BCUT2D eigenvalue weighted by molar-refractivity contribution is -0.128. The van der Waals surface area contributed by atoms with Crippen LogP contribution in [-0.2, 0) is 9.59 Å². The maximum absolute atomic E-state index is 13.1. The molecule has 2 aromatic rings. The molecule has 164 valence electrons. The molecule has 0 bridgehead atoms. The van der Waals surface area contributed by atoms with Crippen molar-refractivity contribution in [3.8, 4) is 11.8 Å². The molecule has 1 fully saturated rings. The van der Waals surface area contributed by atoms with E-state index in [9.17, 15) is 19.6 Å². The van der Waals surface area contributed by atoms with Gasteiger partial charge in [0.25, 0.3) is 0 Å². The third kappa shape index (κ3) is 5.13. The number of aromatic nitrogens is 1. The van der Waals surface area contributed by atoms with Crippen LogP contribution in [0.2, 0.25) is 0 Å². The van der Waals surface area contributed by atoms with E-state index in [2.05, 4.69) is 16.4 Å². The lowest BCUT2D eigenvalue weighted by atomic mass is 9.81. The van der Waals surface area contributed by atoms with Gasteiger partial charge >= 0.3 is 0 Å². The molecule has 7 nitrogen and oxygen atoms in total. The number of rotatable bonds is 8. The van der Waals surface area contributed by atoms with Gasteiger partial charge in [0.2, 0.25) is 5.91 Å². The number of carbonyl (C=O) groups is 3. The van der Waals surface area contributed by atoms with Crippen molar-refractivity contribution >= 4 is 28.4 Å². The van der Waals surface area contributed by atoms with Crippen LogP contribution < -0.4 is 10.1 Å². The summed E-state index contributed by atoms with van der Waals surface area (Å²) in [6.45, 7) is 3.98. The zero-order chi connectivity index (χ0) is 22.6. The quantitative estimate of drug-likeness (QED) is 0.625. The molecule has 3 rings (SSSR count). The van der Waals surface area contributed by atoms with Gasteiger partial charge in [0.15, 0.2) is 5.78 Å². The van der Waals surface area contributed by atoms with E-state index in [0.29, 0.717) is 37.1 Å². The summed E-state index contributed by atoms with van der Waals surface area (Å²) < 4.78 is 5.36. The predicted molar refractivity (Wildman–Crippen MR) is 117 cm³/mol. The smallest absolute Gasteiger partial charge is 0.224 e. The Labute approximate surface area is 182 Å². The van der Waals surface area contributed by atoms with Crippen LogP contribution in [0.15, 0.2) is 24.3 Å². The van der Waals surface area contributed by atoms with Crippen molar-refractivity contribution in [3.05, 3.63) is 30.0 Å². The largest absolute Gasteiger partial charge is 0.496 e. The van der Waals surface area contributed by atoms with Crippen molar-refractivity contribution in [2.45, 2.75) is 57.9 Å². The Morgan fingerprint density at radius 2 is 2.13 bits per heavy atom. The standard InChI is InChI=1S/C24H29N3O4/c1-15(2)10-16(23(30)27-24(14-25)9-5-6-17(28)13-24)11-21(29)20-12-18-19(26-20)7-4-8-22(18)31-3/h4,7-8,12,15-16,26H,5-6,9-11,13H2,1-3H3,(H,27,30). The predicted octanol–water partition coefficient (Wildman–Crippen LogP) is 3.93. The van der Waals surface area contributed by atoms with Gasteiger partial charge in [0, 0.05) is 36.1 Å². The molecule has 7 heteroatoms. The Morgan fingerprint density at radius 3 is 2.77 bits per heavy atom. The molecule has 0 radical (unpaired) electrons. The second-order valence-corrected chi connectivity index (χ2v) is 8.81. The number of hydrogen-bond acceptors (Lipinski definition) is 5. The van der Waals surface area contributed by atoms with E-state index >= 15 is 0 Å². The average molecular weight is 424 g/mol. The molecular formula is C24H29N3O4. The van der Waals surface area contributed by atoms with Gasteiger partial charge in [-0.2, -0.15) is 5.26 Å². The zero-order valence-corrected chi connectivity index (χ0v) is 18.3. The Balaban J connectivity index is 1.79. The fraction of sp³-hybridized carbons (Fsp3) is 0.500. The van der Waals surface area contributed by atoms with Crippen LogP contribution in [0.4, 0.5) is 0 Å². The fourth-order valence-electron chi connectivity index (χ4n) is 4.31. The maximum Gasteiger partial charge on any atom is 0.224 e. The number of nitrogens with zero attached hydrogens (tertiary/aromatic N) is 1. The Bertz CT molecular complexity index is 1030. The van der Waals surface area contributed by atoms with Gasteiger partial charge in [-0.3, -0.25) is 14.4 Å². The van der Waals surface area contributed by atoms with E-state index in [-0.39, 0.29) is 36.2 Å². The molecule has 0 aliphatic heterocycles. The number of hydrogen-bond donors (Lipinski definition) is 2. The molecule has 1 amide bonds. The second-order valence-electron chi connectivity index (χ2n) is 8.81. The highest BCUT2D eigenvalue weighted by Crippen LogP contribution is 2.29. The molecule has 0 spiro atoms. The molecule has 2 unspecified atom stereocenters. The van der Waals surface area contributed by atoms with Crippen LogP contribution in [-0.4, -0.2) is 35.1 Å². The summed E-state index contributed by atoms with van der Waals surface area (Å²) in [7, 11) is 1.58. The number of H-pyrrole nitrogens is 1. The number of ketones is 2. The summed E-state index contributed by atoms with van der Waals surface area (Å²) in [5.74, 6) is -0.254. The Morgan fingerprint density at radius 1 is 1.35 bits per heavy atom. The highest BCUT2D eigenvalue weighted by molar-refractivity contribution is 6.02. The number of Topliss-reactive ketones (excluding diaryl/α,β-unsaturated/α-hetero) is 2. The molecule has 2 N–H and O–H groups in total. The van der Waals surface area contributed by atoms with Crippen molar-refractivity contribution in [2.75, 3.05) is 7.11 Å². The molecule has 2 atom stereocenters. The van der Waals surface area contributed by atoms with Crippen LogP contribution in [0.25, 0.3) is 10.9 Å². The normalized spacial score (nSPS) is 19.8. The molecule has 0 saturated heterocycles. The molecule has 1 aliphatic carbocycles. The summed E-state index contributed by atoms with van der Waals surface area (Å²) >= 11 is 0. The van der Waals surface area contributed by atoms with Gasteiger partial charge in [0.05, 0.1) is 18.9 Å². The number of ether oxygens (including phenoxy) is 1. The average Bonchev–Trinajstić information content (AvgIpc) is 3.17. The number of aromatic amines is 1. The van der Waals surface area contributed by atoms with Crippen molar-refractivity contribution in [3.63, 3.8) is 0 Å². The van der Waals surface area contributed by atoms with E-state index in [1.807, 2.05) is 32.0 Å². The molecule has 1 heterocycles. The third-order valence-corrected chi connectivity index (χ3v) is 5.84. The lowest BCUT2D eigenvalue weighted by Crippen LogP contribution is -2.52. The molecule has 1 saturated carbocycles. The summed E-state index contributed by atoms with van der Waals surface area (Å²) in [5, 5.41) is 13.3. The molecule has 31 heavy (non-hydrogen) atoms. The third-order valence-electron chi connectivity index (χ3n) is 5.84. The fourth-order valence-corrected chi connectivity index (χ4v) is 4.31. The minimum atomic E-state index is -1.17. The van der Waals surface area contributed by atoms with Crippen LogP contribution in [0.1, 0.15) is 62.9 Å². The van der Waals surface area contributed by atoms with Crippen LogP contribution in [0.3, 0.4) is 0 Å². The lowest BCUT2D eigenvalue weighted by Gasteiger charge is -2.32. The van der Waals surface area contributed by atoms with E-state index in [1.165, 1.54) is 0 Å². The van der Waals surface area contributed by atoms with E-state index < -0.39 is 11.5 Å². The number of benzene rings is 1. The van der Waals surface area contributed by atoms with Gasteiger partial charge < -0.3 is 15.0 Å². The zero-order valence-electron chi connectivity index (χ0n) is 18.3. The highest BCUT2D eigenvalue weighted by Gasteiger charge is 2.39. The monoisotopic (exact) mass is 423 g/mol. The van der Waals surface area contributed by atoms with Crippen molar-refractivity contribution in [2.24, 2.45) is 11.8 Å². The molecule has 1 aromatic carbocycles. The van der Waals surface area contributed by atoms with Crippen LogP contribution >= 0.6 is 0 Å². The first-order valence-electron chi connectivity index (χ1n) is 10.7. The minimum absolute atomic E-state index is 0.0170. The summed E-state index contributed by atoms with van der Waals surface area (Å²) in [4.78, 5) is 41.1.